The zero-order chi connectivity index (χ0) is 17.1. The third-order valence-corrected chi connectivity index (χ3v) is 3.69. The van der Waals surface area contributed by atoms with Gasteiger partial charge in [-0.25, -0.2) is 9.78 Å². The zero-order valence-corrected chi connectivity index (χ0v) is 13.3. The number of aromatic amines is 1. The van der Waals surface area contributed by atoms with Crippen molar-refractivity contribution in [2.75, 3.05) is 7.11 Å². The summed E-state index contributed by atoms with van der Waals surface area (Å²) in [6.07, 6.45) is 2.08. The standard InChI is InChI=1S/C18H16N2O4/c1-11(24-18(22)12-7-8-16(23-2)20-9-12)17(21)14-10-19-15-6-4-3-5-13(14)15/h3-11,19H,1-2H3. The lowest BCUT2D eigenvalue weighted by molar-refractivity contribution is 0.0319. The van der Waals surface area contributed by atoms with Crippen molar-refractivity contribution < 1.29 is 19.1 Å². The Kier molecular flexibility index (Phi) is 4.29. The minimum atomic E-state index is -0.904. The monoisotopic (exact) mass is 324 g/mol. The maximum Gasteiger partial charge on any atom is 0.340 e. The molecule has 1 N–H and O–H groups in total. The minimum Gasteiger partial charge on any atom is -0.481 e. The number of nitrogens with one attached hydrogen (secondary N) is 1. The fraction of sp³-hybridized carbons (Fsp3) is 0.167. The van der Waals surface area contributed by atoms with E-state index in [0.717, 1.165) is 10.9 Å². The largest absolute Gasteiger partial charge is 0.481 e. The molecule has 0 aliphatic heterocycles. The Hall–Kier alpha value is -3.15. The van der Waals surface area contributed by atoms with Gasteiger partial charge in [-0.2, -0.15) is 0 Å². The van der Waals surface area contributed by atoms with Crippen molar-refractivity contribution in [3.63, 3.8) is 0 Å². The number of H-pyrrole nitrogens is 1. The average molecular weight is 324 g/mol. The van der Waals surface area contributed by atoms with Crippen LogP contribution in [0.15, 0.2) is 48.8 Å². The van der Waals surface area contributed by atoms with E-state index in [4.69, 9.17) is 9.47 Å². The molecule has 24 heavy (non-hydrogen) atoms. The van der Waals surface area contributed by atoms with Crippen molar-refractivity contribution in [1.82, 2.24) is 9.97 Å². The molecule has 1 atom stereocenters. The quantitative estimate of drug-likeness (QED) is 0.576. The first-order valence-electron chi connectivity index (χ1n) is 7.41. The number of hydrogen-bond acceptors (Lipinski definition) is 5. The van der Waals surface area contributed by atoms with Crippen molar-refractivity contribution in [2.45, 2.75) is 13.0 Å². The van der Waals surface area contributed by atoms with Crippen LogP contribution < -0.4 is 4.74 Å². The van der Waals surface area contributed by atoms with Crippen LogP contribution in [-0.2, 0) is 4.74 Å². The van der Waals surface area contributed by atoms with E-state index >= 15 is 0 Å². The Morgan fingerprint density at radius 3 is 2.67 bits per heavy atom. The van der Waals surface area contributed by atoms with Crippen LogP contribution in [0.1, 0.15) is 27.6 Å². The highest BCUT2D eigenvalue weighted by Gasteiger charge is 2.23. The summed E-state index contributed by atoms with van der Waals surface area (Å²) < 4.78 is 10.2. The lowest BCUT2D eigenvalue weighted by Crippen LogP contribution is -2.24. The molecule has 0 spiro atoms. The molecule has 0 bridgehead atoms. The lowest BCUT2D eigenvalue weighted by Gasteiger charge is -2.12. The zero-order valence-electron chi connectivity index (χ0n) is 13.3. The molecule has 3 rings (SSSR count). The molecular weight excluding hydrogens is 308 g/mol. The number of Topliss-reactive ketones (excluding diaryl/α,β-unsaturated/α-hetero) is 1. The molecule has 1 unspecified atom stereocenters. The van der Waals surface area contributed by atoms with E-state index in [0.29, 0.717) is 11.4 Å². The van der Waals surface area contributed by atoms with Crippen LogP contribution in [0.5, 0.6) is 5.88 Å². The van der Waals surface area contributed by atoms with Gasteiger partial charge in [0.15, 0.2) is 6.10 Å². The highest BCUT2D eigenvalue weighted by molar-refractivity contribution is 6.10. The number of hydrogen-bond donors (Lipinski definition) is 1. The summed E-state index contributed by atoms with van der Waals surface area (Å²) in [4.78, 5) is 31.7. The Morgan fingerprint density at radius 1 is 1.17 bits per heavy atom. The Balaban J connectivity index is 1.74. The highest BCUT2D eigenvalue weighted by atomic mass is 16.5. The predicted octanol–water partition coefficient (Wildman–Crippen LogP) is 3.00. The van der Waals surface area contributed by atoms with Gasteiger partial charge in [-0.3, -0.25) is 4.79 Å². The molecule has 3 aromatic rings. The van der Waals surface area contributed by atoms with Crippen LogP contribution in [0.3, 0.4) is 0 Å². The number of aromatic nitrogens is 2. The number of carbonyl (C=O) groups excluding carboxylic acids is 2. The number of pyridine rings is 1. The molecule has 0 radical (unpaired) electrons. The molecule has 0 fully saturated rings. The van der Waals surface area contributed by atoms with Gasteiger partial charge in [0.1, 0.15) is 0 Å². The number of fused-ring (bicyclic) bond motifs is 1. The fourth-order valence-electron chi connectivity index (χ4n) is 2.40. The second-order valence-electron chi connectivity index (χ2n) is 5.25. The van der Waals surface area contributed by atoms with Gasteiger partial charge in [0.05, 0.1) is 12.7 Å². The summed E-state index contributed by atoms with van der Waals surface area (Å²) in [6.45, 7) is 1.55. The molecule has 1 aromatic carbocycles. The molecule has 0 saturated carbocycles. The molecule has 6 nitrogen and oxygen atoms in total. The third kappa shape index (κ3) is 2.99. The smallest absolute Gasteiger partial charge is 0.340 e. The summed E-state index contributed by atoms with van der Waals surface area (Å²) in [5.74, 6) is -0.470. The number of esters is 1. The topological polar surface area (TPSA) is 81.3 Å². The fourth-order valence-corrected chi connectivity index (χ4v) is 2.40. The molecule has 0 aliphatic rings. The summed E-state index contributed by atoms with van der Waals surface area (Å²) in [6, 6.07) is 10.6. The molecular formula is C18H16N2O4. The van der Waals surface area contributed by atoms with Crippen molar-refractivity contribution in [1.29, 1.82) is 0 Å². The number of carbonyl (C=O) groups is 2. The Labute approximate surface area is 138 Å². The van der Waals surface area contributed by atoms with Crippen LogP contribution in [0, 0.1) is 0 Å². The molecule has 2 aromatic heterocycles. The normalized spacial score (nSPS) is 11.9. The van der Waals surface area contributed by atoms with E-state index < -0.39 is 12.1 Å². The number of benzene rings is 1. The number of nitrogens with zero attached hydrogens (tertiary/aromatic N) is 1. The van der Waals surface area contributed by atoms with Gasteiger partial charge in [0.25, 0.3) is 0 Å². The van der Waals surface area contributed by atoms with E-state index in [1.165, 1.54) is 19.4 Å². The van der Waals surface area contributed by atoms with Crippen molar-refractivity contribution in [3.8, 4) is 5.88 Å². The highest BCUT2D eigenvalue weighted by Crippen LogP contribution is 2.20. The first-order valence-corrected chi connectivity index (χ1v) is 7.41. The first kappa shape index (κ1) is 15.7. The maximum atomic E-state index is 12.6. The van der Waals surface area contributed by atoms with Gasteiger partial charge in [0.2, 0.25) is 11.7 Å². The summed E-state index contributed by atoms with van der Waals surface area (Å²) in [7, 11) is 1.49. The number of para-hydroxylation sites is 1. The molecule has 6 heteroatoms. The van der Waals surface area contributed by atoms with Gasteiger partial charge < -0.3 is 14.5 Å². The summed E-state index contributed by atoms with van der Waals surface area (Å²) in [5.41, 5.74) is 1.62. The van der Waals surface area contributed by atoms with Gasteiger partial charge >= 0.3 is 5.97 Å². The number of methoxy groups -OCH3 is 1. The number of ketones is 1. The first-order chi connectivity index (χ1) is 11.6. The number of rotatable bonds is 5. The van der Waals surface area contributed by atoms with Crippen LogP contribution in [-0.4, -0.2) is 34.9 Å². The van der Waals surface area contributed by atoms with Gasteiger partial charge in [-0.1, -0.05) is 18.2 Å². The minimum absolute atomic E-state index is 0.259. The van der Waals surface area contributed by atoms with E-state index in [1.807, 2.05) is 24.3 Å². The third-order valence-electron chi connectivity index (χ3n) is 3.69. The van der Waals surface area contributed by atoms with Gasteiger partial charge in [-0.05, 0) is 19.1 Å². The van der Waals surface area contributed by atoms with Crippen molar-refractivity contribution in [3.05, 3.63) is 59.9 Å². The van der Waals surface area contributed by atoms with Crippen molar-refractivity contribution >= 4 is 22.7 Å². The molecule has 2 heterocycles. The van der Waals surface area contributed by atoms with Crippen LogP contribution in [0.25, 0.3) is 10.9 Å². The predicted molar refractivity (Wildman–Crippen MR) is 88.3 cm³/mol. The van der Waals surface area contributed by atoms with Gasteiger partial charge in [-0.15, -0.1) is 0 Å². The van der Waals surface area contributed by atoms with E-state index in [1.54, 1.807) is 19.2 Å². The van der Waals surface area contributed by atoms with E-state index in [9.17, 15) is 9.59 Å². The van der Waals surface area contributed by atoms with Gasteiger partial charge in [0, 0.05) is 34.9 Å². The van der Waals surface area contributed by atoms with Crippen LogP contribution in [0.2, 0.25) is 0 Å². The Morgan fingerprint density at radius 2 is 1.96 bits per heavy atom. The second kappa shape index (κ2) is 6.54. The number of ether oxygens (including phenoxy) is 2. The lowest BCUT2D eigenvalue weighted by atomic mass is 10.1. The van der Waals surface area contributed by atoms with Crippen LogP contribution >= 0.6 is 0 Å². The van der Waals surface area contributed by atoms with E-state index in [-0.39, 0.29) is 11.3 Å². The second-order valence-corrected chi connectivity index (χ2v) is 5.25. The maximum absolute atomic E-state index is 12.6. The molecule has 0 saturated heterocycles. The van der Waals surface area contributed by atoms with Crippen LogP contribution in [0.4, 0.5) is 0 Å². The van der Waals surface area contributed by atoms with E-state index in [2.05, 4.69) is 9.97 Å². The van der Waals surface area contributed by atoms with Crippen molar-refractivity contribution in [2.24, 2.45) is 0 Å². The summed E-state index contributed by atoms with van der Waals surface area (Å²) >= 11 is 0. The average Bonchev–Trinajstić information content (AvgIpc) is 3.05. The molecule has 122 valence electrons. The molecule has 0 aliphatic carbocycles. The summed E-state index contributed by atoms with van der Waals surface area (Å²) in [5, 5.41) is 0.802. The molecule has 0 amide bonds. The SMILES string of the molecule is COc1ccc(C(=O)OC(C)C(=O)c2c[nH]c3ccccc23)cn1. The Bertz CT molecular complexity index is 883.